The Morgan fingerprint density at radius 3 is 3.17 bits per heavy atom. The third-order valence-electron chi connectivity index (χ3n) is 3.71. The largest absolute Gasteiger partial charge is 0.366 e. The molecule has 0 bridgehead atoms. The van der Waals surface area contributed by atoms with Crippen LogP contribution in [0.2, 0.25) is 0 Å². The first-order valence-corrected chi connectivity index (χ1v) is 6.78. The lowest BCUT2D eigenvalue weighted by atomic mass is 10.1. The molecule has 2 aromatic rings. The van der Waals surface area contributed by atoms with Crippen molar-refractivity contribution in [2.45, 2.75) is 25.3 Å². The summed E-state index contributed by atoms with van der Waals surface area (Å²) in [6.07, 6.45) is 6.97. The molecule has 5 nitrogen and oxygen atoms in total. The van der Waals surface area contributed by atoms with Gasteiger partial charge in [-0.25, -0.2) is 9.97 Å². The quantitative estimate of drug-likeness (QED) is 0.865. The van der Waals surface area contributed by atoms with Gasteiger partial charge >= 0.3 is 0 Å². The molecular weight excluding hydrogens is 250 g/mol. The third kappa shape index (κ3) is 1.92. The fourth-order valence-electron chi connectivity index (χ4n) is 2.66. The van der Waals surface area contributed by atoms with Crippen molar-refractivity contribution in [1.82, 2.24) is 19.7 Å². The van der Waals surface area contributed by atoms with Crippen molar-refractivity contribution >= 4 is 28.5 Å². The smallest absolute Gasteiger partial charge is 0.163 e. The summed E-state index contributed by atoms with van der Waals surface area (Å²) in [4.78, 5) is 8.57. The summed E-state index contributed by atoms with van der Waals surface area (Å²) in [7, 11) is 1.89. The average molecular weight is 266 g/mol. The van der Waals surface area contributed by atoms with E-state index in [4.69, 9.17) is 11.6 Å². The van der Waals surface area contributed by atoms with E-state index >= 15 is 0 Å². The molecule has 0 aliphatic heterocycles. The van der Waals surface area contributed by atoms with Crippen LogP contribution in [0.4, 0.5) is 5.82 Å². The van der Waals surface area contributed by atoms with Crippen molar-refractivity contribution in [3.05, 3.63) is 12.5 Å². The van der Waals surface area contributed by atoms with Crippen molar-refractivity contribution in [3.63, 3.8) is 0 Å². The van der Waals surface area contributed by atoms with E-state index in [-0.39, 0.29) is 0 Å². The Morgan fingerprint density at radius 1 is 1.44 bits per heavy atom. The van der Waals surface area contributed by atoms with E-state index in [9.17, 15) is 0 Å². The van der Waals surface area contributed by atoms with Gasteiger partial charge in [0.05, 0.1) is 11.6 Å². The maximum absolute atomic E-state index is 6.00. The summed E-state index contributed by atoms with van der Waals surface area (Å²) >= 11 is 6.00. The maximum atomic E-state index is 6.00. The number of nitrogens with zero attached hydrogens (tertiary/aromatic N) is 4. The molecule has 18 heavy (non-hydrogen) atoms. The molecule has 2 heterocycles. The summed E-state index contributed by atoms with van der Waals surface area (Å²) in [5.74, 6) is 2.11. The van der Waals surface area contributed by atoms with Gasteiger partial charge in [-0.2, -0.15) is 5.10 Å². The highest BCUT2D eigenvalue weighted by atomic mass is 35.5. The summed E-state index contributed by atoms with van der Waals surface area (Å²) < 4.78 is 1.76. The van der Waals surface area contributed by atoms with Gasteiger partial charge in [-0.3, -0.25) is 4.68 Å². The molecule has 0 amide bonds. The summed E-state index contributed by atoms with van der Waals surface area (Å²) in [5, 5.41) is 8.70. The van der Waals surface area contributed by atoms with E-state index in [1.807, 2.05) is 13.2 Å². The minimum atomic E-state index is 0.417. The van der Waals surface area contributed by atoms with Crippen LogP contribution < -0.4 is 5.32 Å². The number of anilines is 1. The highest BCUT2D eigenvalue weighted by molar-refractivity contribution is 6.18. The molecular formula is C12H16ClN5. The number of rotatable bonds is 3. The summed E-state index contributed by atoms with van der Waals surface area (Å²) in [5.41, 5.74) is 0.855. The lowest BCUT2D eigenvalue weighted by Crippen LogP contribution is -2.25. The van der Waals surface area contributed by atoms with Gasteiger partial charge in [0.1, 0.15) is 12.1 Å². The molecule has 1 aliphatic carbocycles. The van der Waals surface area contributed by atoms with E-state index in [2.05, 4.69) is 20.4 Å². The Balaban J connectivity index is 1.90. The van der Waals surface area contributed by atoms with Crippen molar-refractivity contribution in [1.29, 1.82) is 0 Å². The fraction of sp³-hybridized carbons (Fsp3) is 0.583. The van der Waals surface area contributed by atoms with Gasteiger partial charge in [0.15, 0.2) is 5.65 Å². The number of aryl methyl sites for hydroxylation is 1. The molecule has 1 fully saturated rings. The summed E-state index contributed by atoms with van der Waals surface area (Å²) in [6.45, 7) is 0. The molecule has 96 valence electrons. The van der Waals surface area contributed by atoms with Crippen molar-refractivity contribution in [2.75, 3.05) is 11.2 Å². The van der Waals surface area contributed by atoms with Crippen LogP contribution in [-0.4, -0.2) is 31.7 Å². The number of fused-ring (bicyclic) bond motifs is 1. The minimum Gasteiger partial charge on any atom is -0.366 e. The van der Waals surface area contributed by atoms with Gasteiger partial charge in [-0.05, 0) is 18.8 Å². The monoisotopic (exact) mass is 265 g/mol. The summed E-state index contributed by atoms with van der Waals surface area (Å²) in [6, 6.07) is 0.417. The van der Waals surface area contributed by atoms with Crippen LogP contribution in [0, 0.1) is 5.92 Å². The first-order valence-electron chi connectivity index (χ1n) is 6.25. The zero-order chi connectivity index (χ0) is 12.5. The van der Waals surface area contributed by atoms with Gasteiger partial charge in [-0.15, -0.1) is 11.6 Å². The van der Waals surface area contributed by atoms with Crippen molar-refractivity contribution in [3.8, 4) is 0 Å². The second-order valence-electron chi connectivity index (χ2n) is 4.82. The van der Waals surface area contributed by atoms with E-state index in [0.717, 1.165) is 23.3 Å². The Hall–Kier alpha value is -1.36. The van der Waals surface area contributed by atoms with E-state index in [0.29, 0.717) is 17.8 Å². The molecule has 0 radical (unpaired) electrons. The van der Waals surface area contributed by atoms with Crippen molar-refractivity contribution in [2.24, 2.45) is 13.0 Å². The minimum absolute atomic E-state index is 0.417. The SMILES string of the molecule is Cn1ncc2c(NC3CCCC3CCl)ncnc21. The molecule has 1 saturated carbocycles. The van der Waals surface area contributed by atoms with Crippen LogP contribution in [0.15, 0.2) is 12.5 Å². The predicted molar refractivity (Wildman–Crippen MR) is 71.8 cm³/mol. The molecule has 1 N–H and O–H groups in total. The van der Waals surface area contributed by atoms with Crippen molar-refractivity contribution < 1.29 is 0 Å². The zero-order valence-electron chi connectivity index (χ0n) is 10.3. The van der Waals surface area contributed by atoms with E-state index in [1.165, 1.54) is 12.8 Å². The molecule has 2 aromatic heterocycles. The molecule has 1 aliphatic rings. The van der Waals surface area contributed by atoms with Crippen LogP contribution in [0.5, 0.6) is 0 Å². The number of halogens is 1. The Kier molecular flexibility index (Phi) is 3.07. The Morgan fingerprint density at radius 2 is 2.33 bits per heavy atom. The van der Waals surface area contributed by atoms with Gasteiger partial charge in [0.25, 0.3) is 0 Å². The molecule has 0 saturated heterocycles. The van der Waals surface area contributed by atoms with Crippen LogP contribution in [0.25, 0.3) is 11.0 Å². The Labute approximate surface area is 111 Å². The highest BCUT2D eigenvalue weighted by Gasteiger charge is 2.27. The lowest BCUT2D eigenvalue weighted by Gasteiger charge is -2.19. The van der Waals surface area contributed by atoms with Gasteiger partial charge < -0.3 is 5.32 Å². The normalized spacial score (nSPS) is 23.7. The number of aromatic nitrogens is 4. The standard InChI is InChI=1S/C12H16ClN5/c1-18-12-9(6-16-18)11(14-7-15-12)17-10-4-2-3-8(10)5-13/h6-8,10H,2-5H2,1H3,(H,14,15,17). The van der Waals surface area contributed by atoms with Crippen LogP contribution in [0.1, 0.15) is 19.3 Å². The molecule has 0 spiro atoms. The molecule has 2 atom stereocenters. The molecule has 0 aromatic carbocycles. The molecule has 6 heteroatoms. The van der Waals surface area contributed by atoms with E-state index in [1.54, 1.807) is 11.0 Å². The molecule has 3 rings (SSSR count). The number of hydrogen-bond acceptors (Lipinski definition) is 4. The predicted octanol–water partition coefficient (Wildman–Crippen LogP) is 2.18. The van der Waals surface area contributed by atoms with Gasteiger partial charge in [0, 0.05) is 19.0 Å². The second-order valence-corrected chi connectivity index (χ2v) is 5.13. The van der Waals surface area contributed by atoms with Gasteiger partial charge in [-0.1, -0.05) is 6.42 Å². The molecule has 2 unspecified atom stereocenters. The highest BCUT2D eigenvalue weighted by Crippen LogP contribution is 2.30. The number of alkyl halides is 1. The van der Waals surface area contributed by atoms with Crippen LogP contribution >= 0.6 is 11.6 Å². The fourth-order valence-corrected chi connectivity index (χ4v) is 3.03. The Bertz CT molecular complexity index is 552. The number of hydrogen-bond donors (Lipinski definition) is 1. The number of nitrogens with one attached hydrogen (secondary N) is 1. The maximum Gasteiger partial charge on any atom is 0.163 e. The first-order chi connectivity index (χ1) is 8.79. The average Bonchev–Trinajstić information content (AvgIpc) is 2.98. The topological polar surface area (TPSA) is 55.6 Å². The third-order valence-corrected chi connectivity index (χ3v) is 4.11. The van der Waals surface area contributed by atoms with Crippen LogP contribution in [0.3, 0.4) is 0 Å². The van der Waals surface area contributed by atoms with Gasteiger partial charge in [0.2, 0.25) is 0 Å². The lowest BCUT2D eigenvalue weighted by molar-refractivity contribution is 0.561. The second kappa shape index (κ2) is 4.72. The van der Waals surface area contributed by atoms with E-state index < -0.39 is 0 Å². The van der Waals surface area contributed by atoms with Crippen LogP contribution in [-0.2, 0) is 7.05 Å². The zero-order valence-corrected chi connectivity index (χ0v) is 11.1. The first kappa shape index (κ1) is 11.7.